The molecule has 0 atom stereocenters. The molecule has 28 heavy (non-hydrogen) atoms. The third kappa shape index (κ3) is 4.60. The number of rotatable bonds is 6. The average Bonchev–Trinajstić information content (AvgIpc) is 2.70. The summed E-state index contributed by atoms with van der Waals surface area (Å²) in [6, 6.07) is 13.0. The van der Waals surface area contributed by atoms with Crippen molar-refractivity contribution >= 4 is 11.6 Å². The highest BCUT2D eigenvalue weighted by molar-refractivity contribution is 5.82. The van der Waals surface area contributed by atoms with E-state index < -0.39 is 6.43 Å². The molecule has 0 spiro atoms. The lowest BCUT2D eigenvalue weighted by molar-refractivity contribution is 0.149. The van der Waals surface area contributed by atoms with Crippen LogP contribution in [0.4, 0.5) is 8.78 Å². The van der Waals surface area contributed by atoms with Crippen LogP contribution in [0.5, 0.6) is 5.88 Å². The smallest absolute Gasteiger partial charge is 0.242 e. The number of benzene rings is 1. The standard InChI is InChI=1S/C23H22F2N2O/c1-15(18-6-4-17(5-7-18)13-22(24)25)12-21-16(2)20(10-11-26-21)19-8-9-23(28-3)27-14-19/h4-12,14,22H,13H2,1-3H3/b15-12+. The van der Waals surface area contributed by atoms with Gasteiger partial charge in [0.1, 0.15) is 0 Å². The highest BCUT2D eigenvalue weighted by Gasteiger charge is 2.09. The van der Waals surface area contributed by atoms with Crippen molar-refractivity contribution in [2.24, 2.45) is 0 Å². The Morgan fingerprint density at radius 3 is 2.43 bits per heavy atom. The van der Waals surface area contributed by atoms with Gasteiger partial charge in [0.2, 0.25) is 12.3 Å². The van der Waals surface area contributed by atoms with Crippen LogP contribution in [0.3, 0.4) is 0 Å². The van der Waals surface area contributed by atoms with Gasteiger partial charge in [-0.1, -0.05) is 24.3 Å². The normalized spacial score (nSPS) is 11.7. The van der Waals surface area contributed by atoms with Crippen molar-refractivity contribution in [3.05, 3.63) is 77.2 Å². The molecule has 1 aromatic carbocycles. The molecule has 0 aliphatic heterocycles. The third-order valence-electron chi connectivity index (χ3n) is 4.65. The number of methoxy groups -OCH3 is 1. The van der Waals surface area contributed by atoms with Gasteiger partial charge in [0, 0.05) is 30.4 Å². The minimum atomic E-state index is -2.33. The Morgan fingerprint density at radius 2 is 1.82 bits per heavy atom. The van der Waals surface area contributed by atoms with Gasteiger partial charge >= 0.3 is 0 Å². The lowest BCUT2D eigenvalue weighted by Gasteiger charge is -2.10. The van der Waals surface area contributed by atoms with Gasteiger partial charge in [0.15, 0.2) is 0 Å². The molecule has 144 valence electrons. The summed E-state index contributed by atoms with van der Waals surface area (Å²) < 4.78 is 30.1. The molecule has 0 saturated heterocycles. The van der Waals surface area contributed by atoms with Gasteiger partial charge in [0.25, 0.3) is 0 Å². The summed E-state index contributed by atoms with van der Waals surface area (Å²) in [6.07, 6.45) is 3.02. The van der Waals surface area contributed by atoms with E-state index in [1.165, 1.54) is 0 Å². The maximum absolute atomic E-state index is 12.5. The maximum atomic E-state index is 12.5. The number of aromatic nitrogens is 2. The van der Waals surface area contributed by atoms with E-state index in [-0.39, 0.29) is 6.42 Å². The predicted molar refractivity (Wildman–Crippen MR) is 108 cm³/mol. The predicted octanol–water partition coefficient (Wildman–Crippen LogP) is 5.83. The van der Waals surface area contributed by atoms with Crippen LogP contribution in [0.2, 0.25) is 0 Å². The molecule has 0 saturated carbocycles. The van der Waals surface area contributed by atoms with E-state index in [2.05, 4.69) is 9.97 Å². The fraction of sp³-hybridized carbons (Fsp3) is 0.217. The highest BCUT2D eigenvalue weighted by Crippen LogP contribution is 2.27. The molecule has 0 fully saturated rings. The van der Waals surface area contributed by atoms with Crippen molar-refractivity contribution in [1.29, 1.82) is 0 Å². The molecule has 0 radical (unpaired) electrons. The number of alkyl halides is 2. The molecule has 0 bridgehead atoms. The van der Waals surface area contributed by atoms with Crippen molar-refractivity contribution in [2.75, 3.05) is 7.11 Å². The molecular weight excluding hydrogens is 358 g/mol. The summed E-state index contributed by atoms with van der Waals surface area (Å²) in [6.45, 7) is 4.02. The monoisotopic (exact) mass is 380 g/mol. The molecule has 3 rings (SSSR count). The Bertz CT molecular complexity index is 965. The second-order valence-electron chi connectivity index (χ2n) is 6.58. The summed E-state index contributed by atoms with van der Waals surface area (Å²) in [4.78, 5) is 8.77. The average molecular weight is 380 g/mol. The fourth-order valence-electron chi connectivity index (χ4n) is 3.04. The summed E-state index contributed by atoms with van der Waals surface area (Å²) >= 11 is 0. The molecular formula is C23H22F2N2O. The summed E-state index contributed by atoms with van der Waals surface area (Å²) in [5, 5.41) is 0. The molecule has 0 unspecified atom stereocenters. The Hall–Kier alpha value is -3.08. The molecule has 3 aromatic rings. The van der Waals surface area contributed by atoms with Crippen LogP contribution in [-0.4, -0.2) is 23.5 Å². The third-order valence-corrected chi connectivity index (χ3v) is 4.65. The van der Waals surface area contributed by atoms with Gasteiger partial charge < -0.3 is 4.74 Å². The van der Waals surface area contributed by atoms with Crippen LogP contribution in [0, 0.1) is 6.92 Å². The van der Waals surface area contributed by atoms with E-state index in [1.807, 2.05) is 50.3 Å². The van der Waals surface area contributed by atoms with Crippen LogP contribution >= 0.6 is 0 Å². The molecule has 0 amide bonds. The zero-order valence-corrected chi connectivity index (χ0v) is 16.1. The highest BCUT2D eigenvalue weighted by atomic mass is 19.3. The van der Waals surface area contributed by atoms with Gasteiger partial charge in [-0.2, -0.15) is 0 Å². The number of hydrogen-bond acceptors (Lipinski definition) is 3. The lowest BCUT2D eigenvalue weighted by atomic mass is 9.98. The number of hydrogen-bond donors (Lipinski definition) is 0. The Morgan fingerprint density at radius 1 is 1.07 bits per heavy atom. The Kier molecular flexibility index (Phi) is 6.14. The second-order valence-corrected chi connectivity index (χ2v) is 6.58. The molecule has 0 aliphatic carbocycles. The number of allylic oxidation sites excluding steroid dienone is 1. The minimum Gasteiger partial charge on any atom is -0.481 e. The Labute approximate surface area is 163 Å². The largest absolute Gasteiger partial charge is 0.481 e. The number of halogens is 2. The quantitative estimate of drug-likeness (QED) is 0.540. The maximum Gasteiger partial charge on any atom is 0.242 e. The van der Waals surface area contributed by atoms with Gasteiger partial charge in [-0.25, -0.2) is 13.8 Å². The van der Waals surface area contributed by atoms with E-state index in [4.69, 9.17) is 4.74 Å². The zero-order chi connectivity index (χ0) is 20.1. The first-order valence-electron chi connectivity index (χ1n) is 8.99. The van der Waals surface area contributed by atoms with E-state index in [1.54, 1.807) is 31.6 Å². The van der Waals surface area contributed by atoms with Gasteiger partial charge in [0.05, 0.1) is 12.8 Å². The van der Waals surface area contributed by atoms with Crippen LogP contribution in [0.15, 0.2) is 54.9 Å². The van der Waals surface area contributed by atoms with Crippen molar-refractivity contribution in [2.45, 2.75) is 26.7 Å². The molecule has 3 nitrogen and oxygen atoms in total. The summed E-state index contributed by atoms with van der Waals surface area (Å²) in [7, 11) is 1.59. The SMILES string of the molecule is COc1ccc(-c2ccnc(/C=C(\C)c3ccc(CC(F)F)cc3)c2C)cn1. The van der Waals surface area contributed by atoms with Crippen LogP contribution in [-0.2, 0) is 6.42 Å². The topological polar surface area (TPSA) is 35.0 Å². The lowest BCUT2D eigenvalue weighted by Crippen LogP contribution is -1.96. The van der Waals surface area contributed by atoms with E-state index in [0.717, 1.165) is 33.5 Å². The minimum absolute atomic E-state index is 0.221. The fourth-order valence-corrected chi connectivity index (χ4v) is 3.04. The van der Waals surface area contributed by atoms with E-state index in [0.29, 0.717) is 11.4 Å². The first kappa shape index (κ1) is 19.7. The van der Waals surface area contributed by atoms with Crippen LogP contribution in [0.25, 0.3) is 22.8 Å². The second kappa shape index (κ2) is 8.74. The van der Waals surface area contributed by atoms with Crippen LogP contribution < -0.4 is 4.74 Å². The molecule has 5 heteroatoms. The van der Waals surface area contributed by atoms with Crippen molar-refractivity contribution < 1.29 is 13.5 Å². The van der Waals surface area contributed by atoms with Crippen molar-refractivity contribution in [3.63, 3.8) is 0 Å². The molecule has 0 aliphatic rings. The zero-order valence-electron chi connectivity index (χ0n) is 16.1. The molecule has 0 N–H and O–H groups in total. The van der Waals surface area contributed by atoms with Gasteiger partial charge in [-0.05, 0) is 59.9 Å². The summed E-state index contributed by atoms with van der Waals surface area (Å²) in [5.41, 5.74) is 6.58. The first-order chi connectivity index (χ1) is 13.5. The van der Waals surface area contributed by atoms with Crippen molar-refractivity contribution in [1.82, 2.24) is 9.97 Å². The van der Waals surface area contributed by atoms with E-state index in [9.17, 15) is 8.78 Å². The van der Waals surface area contributed by atoms with Crippen LogP contribution in [0.1, 0.15) is 29.3 Å². The van der Waals surface area contributed by atoms with Crippen molar-refractivity contribution in [3.8, 4) is 17.0 Å². The Balaban J connectivity index is 1.88. The first-order valence-corrected chi connectivity index (χ1v) is 8.99. The number of nitrogens with zero attached hydrogens (tertiary/aromatic N) is 2. The summed E-state index contributed by atoms with van der Waals surface area (Å²) in [5.74, 6) is 0.571. The molecule has 2 heterocycles. The van der Waals surface area contributed by atoms with Gasteiger partial charge in [-0.3, -0.25) is 4.98 Å². The number of pyridine rings is 2. The van der Waals surface area contributed by atoms with E-state index >= 15 is 0 Å². The van der Waals surface area contributed by atoms with Gasteiger partial charge in [-0.15, -0.1) is 0 Å². The number of ether oxygens (including phenoxy) is 1. The molecule has 2 aromatic heterocycles.